The van der Waals surface area contributed by atoms with Crippen molar-refractivity contribution in [3.05, 3.63) is 59.0 Å². The summed E-state index contributed by atoms with van der Waals surface area (Å²) in [5.41, 5.74) is 0.200. The highest BCUT2D eigenvalue weighted by atomic mass is 32.1. The van der Waals surface area contributed by atoms with E-state index in [2.05, 4.69) is 15.2 Å². The maximum atomic E-state index is 13.9. The number of amides is 1. The Bertz CT molecular complexity index is 1330. The van der Waals surface area contributed by atoms with Gasteiger partial charge in [0.1, 0.15) is 28.4 Å². The van der Waals surface area contributed by atoms with E-state index < -0.39 is 17.4 Å². The fourth-order valence-corrected chi connectivity index (χ4v) is 4.56. The Morgan fingerprint density at radius 3 is 2.72 bits per heavy atom. The summed E-state index contributed by atoms with van der Waals surface area (Å²) in [6.45, 7) is 2.16. The molecule has 1 amide bonds. The fourth-order valence-electron chi connectivity index (χ4n) is 3.44. The number of para-hydroxylation sites is 1. The third-order valence-corrected chi connectivity index (χ3v) is 6.13. The fraction of sp³-hybridized carbons (Fsp3) is 0.238. The van der Waals surface area contributed by atoms with Gasteiger partial charge in [0.05, 0.1) is 25.2 Å². The first kappa shape index (κ1) is 20.3. The topological polar surface area (TPSA) is 102 Å². The van der Waals surface area contributed by atoms with E-state index in [-0.39, 0.29) is 12.2 Å². The molecule has 3 aromatic heterocycles. The number of halogens is 1. The molecule has 1 aliphatic rings. The quantitative estimate of drug-likeness (QED) is 0.494. The van der Waals surface area contributed by atoms with Gasteiger partial charge >= 0.3 is 5.69 Å². The predicted octanol–water partition coefficient (Wildman–Crippen LogP) is 2.73. The highest BCUT2D eigenvalue weighted by Gasteiger charge is 2.23. The summed E-state index contributed by atoms with van der Waals surface area (Å²) in [6, 6.07) is 9.24. The van der Waals surface area contributed by atoms with Crippen LogP contribution in [0.1, 0.15) is 0 Å². The molecule has 1 saturated heterocycles. The lowest BCUT2D eigenvalue weighted by molar-refractivity contribution is -0.116. The van der Waals surface area contributed by atoms with Crippen LogP contribution in [0, 0.1) is 5.82 Å². The van der Waals surface area contributed by atoms with Crippen LogP contribution >= 0.6 is 11.3 Å². The maximum Gasteiger partial charge on any atom is 0.349 e. The molecular formula is C21H18FN5O4S. The maximum absolute atomic E-state index is 13.9. The molecule has 0 spiro atoms. The number of rotatable bonds is 5. The van der Waals surface area contributed by atoms with E-state index in [0.29, 0.717) is 53.2 Å². The van der Waals surface area contributed by atoms with Crippen molar-refractivity contribution in [1.29, 1.82) is 0 Å². The number of hydrogen-bond donors (Lipinski definition) is 1. The van der Waals surface area contributed by atoms with Crippen LogP contribution in [-0.4, -0.2) is 46.7 Å². The minimum atomic E-state index is -0.621. The molecule has 164 valence electrons. The number of benzene rings is 1. The van der Waals surface area contributed by atoms with Gasteiger partial charge in [-0.3, -0.25) is 9.36 Å². The molecule has 32 heavy (non-hydrogen) atoms. The number of aromatic nitrogens is 3. The van der Waals surface area contributed by atoms with Gasteiger partial charge in [0.25, 0.3) is 0 Å². The van der Waals surface area contributed by atoms with E-state index in [9.17, 15) is 14.0 Å². The number of ether oxygens (including phenoxy) is 1. The summed E-state index contributed by atoms with van der Waals surface area (Å²) < 4.78 is 26.0. The molecule has 5 rings (SSSR count). The normalized spacial score (nSPS) is 14.1. The number of fused-ring (bicyclic) bond motifs is 1. The predicted molar refractivity (Wildman–Crippen MR) is 117 cm³/mol. The summed E-state index contributed by atoms with van der Waals surface area (Å²) in [7, 11) is 0. The molecule has 9 nitrogen and oxygen atoms in total. The minimum Gasteiger partial charge on any atom is -0.463 e. The van der Waals surface area contributed by atoms with Crippen LogP contribution in [0.2, 0.25) is 0 Å². The van der Waals surface area contributed by atoms with Crippen molar-refractivity contribution < 1.29 is 18.3 Å². The molecule has 11 heteroatoms. The van der Waals surface area contributed by atoms with Crippen LogP contribution < -0.4 is 15.9 Å². The highest BCUT2D eigenvalue weighted by molar-refractivity contribution is 7.22. The molecule has 0 radical (unpaired) electrons. The van der Waals surface area contributed by atoms with E-state index >= 15 is 0 Å². The SMILES string of the molecule is O=C(Cn1c(=O)nc(-c2ccco2)c2nc(N3CCOCC3)sc21)Nc1ccccc1F. The van der Waals surface area contributed by atoms with Gasteiger partial charge < -0.3 is 19.4 Å². The van der Waals surface area contributed by atoms with Gasteiger partial charge in [0.15, 0.2) is 10.9 Å². The van der Waals surface area contributed by atoms with Crippen LogP contribution in [0.3, 0.4) is 0 Å². The second kappa shape index (κ2) is 8.52. The number of nitrogens with one attached hydrogen (secondary N) is 1. The average Bonchev–Trinajstić information content (AvgIpc) is 3.48. The molecule has 0 atom stereocenters. The Balaban J connectivity index is 1.56. The Kier molecular flexibility index (Phi) is 5.41. The summed E-state index contributed by atoms with van der Waals surface area (Å²) in [5.74, 6) is -0.696. The lowest BCUT2D eigenvalue weighted by atomic mass is 10.3. The highest BCUT2D eigenvalue weighted by Crippen LogP contribution is 2.33. The van der Waals surface area contributed by atoms with E-state index in [1.807, 2.05) is 0 Å². The second-order valence-corrected chi connectivity index (χ2v) is 8.04. The standard InChI is InChI=1S/C21H18FN5O4S/c22-13-4-1-2-5-14(13)23-16(28)12-27-19-18(17(24-20(27)29)15-6-3-9-31-15)25-21(32-19)26-7-10-30-11-8-26/h1-6,9H,7-8,10-12H2,(H,23,28). The van der Waals surface area contributed by atoms with Crippen LogP contribution in [0.5, 0.6) is 0 Å². The van der Waals surface area contributed by atoms with Crippen molar-refractivity contribution in [1.82, 2.24) is 14.5 Å². The zero-order valence-electron chi connectivity index (χ0n) is 16.8. The Morgan fingerprint density at radius 2 is 1.97 bits per heavy atom. The lowest BCUT2D eigenvalue weighted by Gasteiger charge is -2.25. The Morgan fingerprint density at radius 1 is 1.16 bits per heavy atom. The van der Waals surface area contributed by atoms with Gasteiger partial charge in [-0.2, -0.15) is 4.98 Å². The largest absolute Gasteiger partial charge is 0.463 e. The van der Waals surface area contributed by atoms with E-state index in [0.717, 1.165) is 0 Å². The first-order valence-electron chi connectivity index (χ1n) is 9.92. The van der Waals surface area contributed by atoms with Crippen molar-refractivity contribution in [3.8, 4) is 11.5 Å². The molecule has 4 heterocycles. The minimum absolute atomic E-state index is 0.0419. The summed E-state index contributed by atoms with van der Waals surface area (Å²) in [6.07, 6.45) is 1.49. The number of nitrogens with zero attached hydrogens (tertiary/aromatic N) is 4. The molecule has 0 aliphatic carbocycles. The van der Waals surface area contributed by atoms with Crippen molar-refractivity contribution in [2.45, 2.75) is 6.54 Å². The Labute approximate surface area is 185 Å². The summed E-state index contributed by atoms with van der Waals surface area (Å²) in [5, 5.41) is 3.20. The molecule has 0 unspecified atom stereocenters. The van der Waals surface area contributed by atoms with Gasteiger partial charge in [-0.05, 0) is 24.3 Å². The first-order chi connectivity index (χ1) is 15.6. The molecular weight excluding hydrogens is 437 g/mol. The van der Waals surface area contributed by atoms with Crippen molar-refractivity contribution >= 4 is 38.4 Å². The summed E-state index contributed by atoms with van der Waals surface area (Å²) in [4.78, 5) is 36.9. The van der Waals surface area contributed by atoms with Gasteiger partial charge in [-0.15, -0.1) is 0 Å². The van der Waals surface area contributed by atoms with Crippen molar-refractivity contribution in [2.75, 3.05) is 36.5 Å². The number of anilines is 2. The van der Waals surface area contributed by atoms with E-state index in [1.165, 1.54) is 40.4 Å². The zero-order valence-corrected chi connectivity index (χ0v) is 17.6. The van der Waals surface area contributed by atoms with Crippen LogP contribution in [0.4, 0.5) is 15.2 Å². The number of furan rings is 1. The van der Waals surface area contributed by atoms with Gasteiger partial charge in [-0.25, -0.2) is 14.2 Å². The number of carbonyl (C=O) groups is 1. The molecule has 1 aromatic carbocycles. The third kappa shape index (κ3) is 3.87. The Hall–Kier alpha value is -3.57. The number of morpholine rings is 1. The van der Waals surface area contributed by atoms with Gasteiger partial charge in [0.2, 0.25) is 5.91 Å². The molecule has 1 N–H and O–H groups in total. The lowest BCUT2D eigenvalue weighted by Crippen LogP contribution is -2.36. The van der Waals surface area contributed by atoms with Gasteiger partial charge in [0, 0.05) is 13.1 Å². The first-order valence-corrected chi connectivity index (χ1v) is 10.7. The zero-order chi connectivity index (χ0) is 22.1. The summed E-state index contributed by atoms with van der Waals surface area (Å²) >= 11 is 1.29. The van der Waals surface area contributed by atoms with Crippen LogP contribution in [-0.2, 0) is 16.1 Å². The monoisotopic (exact) mass is 455 g/mol. The average molecular weight is 455 g/mol. The smallest absolute Gasteiger partial charge is 0.349 e. The van der Waals surface area contributed by atoms with E-state index in [4.69, 9.17) is 14.1 Å². The van der Waals surface area contributed by atoms with Crippen LogP contribution in [0.15, 0.2) is 51.9 Å². The second-order valence-electron chi connectivity index (χ2n) is 7.08. The molecule has 1 aliphatic heterocycles. The molecule has 0 bridgehead atoms. The third-order valence-electron chi connectivity index (χ3n) is 4.99. The number of thiazole rings is 1. The molecule has 4 aromatic rings. The number of hydrogen-bond acceptors (Lipinski definition) is 8. The van der Waals surface area contributed by atoms with Crippen molar-refractivity contribution in [3.63, 3.8) is 0 Å². The number of carbonyl (C=O) groups excluding carboxylic acids is 1. The van der Waals surface area contributed by atoms with Crippen LogP contribution in [0.25, 0.3) is 21.8 Å². The van der Waals surface area contributed by atoms with Crippen molar-refractivity contribution in [2.24, 2.45) is 0 Å². The molecule has 0 saturated carbocycles. The van der Waals surface area contributed by atoms with E-state index in [1.54, 1.807) is 18.2 Å². The van der Waals surface area contributed by atoms with Gasteiger partial charge in [-0.1, -0.05) is 23.5 Å². The molecule has 1 fully saturated rings.